The smallest absolute Gasteiger partial charge is 0.337 e. The molecule has 0 aromatic heterocycles. The molecule has 0 saturated heterocycles. The first-order valence-corrected chi connectivity index (χ1v) is 10.1. The fraction of sp³-hybridized carbons (Fsp3) is 0.458. The highest BCUT2D eigenvalue weighted by molar-refractivity contribution is 5.89. The van der Waals surface area contributed by atoms with Crippen LogP contribution in [-0.4, -0.2) is 30.9 Å². The summed E-state index contributed by atoms with van der Waals surface area (Å²) < 4.78 is 11.0. The number of fused-ring (bicyclic) bond motifs is 1. The van der Waals surface area contributed by atoms with E-state index in [0.29, 0.717) is 12.2 Å². The molecular formula is C24H30O4. The molecule has 0 aliphatic carbocycles. The van der Waals surface area contributed by atoms with Crippen LogP contribution in [0.3, 0.4) is 0 Å². The Hall–Kier alpha value is -2.33. The number of hydrogen-bond acceptors (Lipinski definition) is 4. The monoisotopic (exact) mass is 382 g/mol. The third-order valence-electron chi connectivity index (χ3n) is 6.14. The van der Waals surface area contributed by atoms with Gasteiger partial charge in [-0.3, -0.25) is 0 Å². The van der Waals surface area contributed by atoms with Gasteiger partial charge in [-0.2, -0.15) is 0 Å². The van der Waals surface area contributed by atoms with Crippen molar-refractivity contribution in [1.29, 1.82) is 0 Å². The number of carbonyl (C=O) groups is 1. The molecule has 2 aromatic rings. The van der Waals surface area contributed by atoms with Crippen molar-refractivity contribution in [2.24, 2.45) is 5.41 Å². The van der Waals surface area contributed by atoms with Gasteiger partial charge in [-0.1, -0.05) is 57.0 Å². The topological polar surface area (TPSA) is 55.8 Å². The van der Waals surface area contributed by atoms with E-state index in [2.05, 4.69) is 13.8 Å². The van der Waals surface area contributed by atoms with Gasteiger partial charge in [0.2, 0.25) is 0 Å². The Bertz CT molecular complexity index is 799. The molecule has 4 nitrogen and oxygen atoms in total. The Balaban J connectivity index is 2.07. The van der Waals surface area contributed by atoms with Gasteiger partial charge in [0.05, 0.1) is 25.4 Å². The first-order chi connectivity index (χ1) is 13.6. The van der Waals surface area contributed by atoms with E-state index in [-0.39, 0.29) is 17.3 Å². The van der Waals surface area contributed by atoms with Crippen LogP contribution in [0.15, 0.2) is 48.5 Å². The molecule has 0 fully saturated rings. The molecule has 1 aliphatic heterocycles. The molecule has 0 unspecified atom stereocenters. The molecule has 1 heterocycles. The number of benzene rings is 2. The summed E-state index contributed by atoms with van der Waals surface area (Å²) >= 11 is 0. The standard InChI is InChI=1S/C24H30O4/c1-4-6-15-24(5-2)16-28-20-10-8-7-9-19(20)21(22(24)25)17-11-13-18(14-12-17)23(26)27-3/h7-14,21-22,25H,4-6,15-16H2,1-3H3/t21-,22-,24-/m1/s1. The van der Waals surface area contributed by atoms with Gasteiger partial charge in [0.25, 0.3) is 0 Å². The molecule has 28 heavy (non-hydrogen) atoms. The zero-order valence-electron chi connectivity index (χ0n) is 17.0. The SMILES string of the molecule is CCCC[C@]1(CC)COc2ccccc2[C@@H](c2ccc(C(=O)OC)cc2)[C@H]1O. The van der Waals surface area contributed by atoms with E-state index in [1.807, 2.05) is 36.4 Å². The molecule has 0 saturated carbocycles. The summed E-state index contributed by atoms with van der Waals surface area (Å²) in [5.74, 6) is 0.264. The third-order valence-corrected chi connectivity index (χ3v) is 6.14. The van der Waals surface area contributed by atoms with Gasteiger partial charge in [0, 0.05) is 16.9 Å². The molecule has 0 bridgehead atoms. The van der Waals surface area contributed by atoms with Gasteiger partial charge in [-0.15, -0.1) is 0 Å². The number of hydrogen-bond donors (Lipinski definition) is 1. The van der Waals surface area contributed by atoms with E-state index in [9.17, 15) is 9.90 Å². The highest BCUT2D eigenvalue weighted by Gasteiger charge is 2.45. The quantitative estimate of drug-likeness (QED) is 0.719. The number of rotatable bonds is 6. The second-order valence-corrected chi connectivity index (χ2v) is 7.68. The van der Waals surface area contributed by atoms with Gasteiger partial charge in [0.1, 0.15) is 5.75 Å². The summed E-state index contributed by atoms with van der Waals surface area (Å²) in [5, 5.41) is 11.6. The van der Waals surface area contributed by atoms with E-state index < -0.39 is 6.10 Å². The first kappa shape index (κ1) is 20.4. The molecule has 1 aliphatic rings. The number of unbranched alkanes of at least 4 members (excludes halogenated alkanes) is 1. The normalized spacial score (nSPS) is 24.0. The van der Waals surface area contributed by atoms with Crippen LogP contribution in [0.4, 0.5) is 0 Å². The lowest BCUT2D eigenvalue weighted by molar-refractivity contribution is -0.0210. The summed E-state index contributed by atoms with van der Waals surface area (Å²) in [6.45, 7) is 4.82. The van der Waals surface area contributed by atoms with Crippen LogP contribution in [0.1, 0.15) is 66.9 Å². The maximum absolute atomic E-state index is 11.8. The van der Waals surface area contributed by atoms with Crippen LogP contribution in [0.2, 0.25) is 0 Å². The summed E-state index contributed by atoms with van der Waals surface area (Å²) in [6, 6.07) is 15.3. The lowest BCUT2D eigenvalue weighted by atomic mass is 9.69. The Labute approximate surface area is 167 Å². The maximum Gasteiger partial charge on any atom is 0.337 e. The van der Waals surface area contributed by atoms with Crippen molar-refractivity contribution in [2.45, 2.75) is 51.6 Å². The van der Waals surface area contributed by atoms with Gasteiger partial charge in [-0.05, 0) is 36.6 Å². The predicted octanol–water partition coefficient (Wildman–Crippen LogP) is 4.95. The average molecular weight is 383 g/mol. The molecule has 150 valence electrons. The average Bonchev–Trinajstić information content (AvgIpc) is 2.86. The molecule has 1 N–H and O–H groups in total. The van der Waals surface area contributed by atoms with E-state index in [0.717, 1.165) is 42.6 Å². The Morgan fingerprint density at radius 2 is 1.89 bits per heavy atom. The van der Waals surface area contributed by atoms with Crippen molar-refractivity contribution in [3.8, 4) is 5.75 Å². The van der Waals surface area contributed by atoms with Crippen LogP contribution < -0.4 is 4.74 Å². The van der Waals surface area contributed by atoms with Gasteiger partial charge in [0.15, 0.2) is 0 Å². The van der Waals surface area contributed by atoms with Crippen LogP contribution in [0.5, 0.6) is 5.75 Å². The molecule has 4 heteroatoms. The highest BCUT2D eigenvalue weighted by atomic mass is 16.5. The summed E-state index contributed by atoms with van der Waals surface area (Å²) in [7, 11) is 1.38. The van der Waals surface area contributed by atoms with E-state index in [1.54, 1.807) is 12.1 Å². The molecule has 0 spiro atoms. The summed E-state index contributed by atoms with van der Waals surface area (Å²) in [4.78, 5) is 11.8. The number of aliphatic hydroxyl groups excluding tert-OH is 1. The Morgan fingerprint density at radius 1 is 1.18 bits per heavy atom. The molecule has 2 aromatic carbocycles. The number of ether oxygens (including phenoxy) is 2. The zero-order valence-corrected chi connectivity index (χ0v) is 17.0. The second-order valence-electron chi connectivity index (χ2n) is 7.68. The van der Waals surface area contributed by atoms with Crippen molar-refractivity contribution in [1.82, 2.24) is 0 Å². The van der Waals surface area contributed by atoms with E-state index in [1.165, 1.54) is 7.11 Å². The number of methoxy groups -OCH3 is 1. The molecule has 3 rings (SSSR count). The third kappa shape index (κ3) is 3.79. The summed E-state index contributed by atoms with van der Waals surface area (Å²) in [5.41, 5.74) is 2.17. The van der Waals surface area contributed by atoms with Crippen molar-refractivity contribution in [2.75, 3.05) is 13.7 Å². The van der Waals surface area contributed by atoms with E-state index in [4.69, 9.17) is 9.47 Å². The van der Waals surface area contributed by atoms with Crippen LogP contribution in [0, 0.1) is 5.41 Å². The van der Waals surface area contributed by atoms with Crippen LogP contribution in [-0.2, 0) is 4.74 Å². The lowest BCUT2D eigenvalue weighted by Gasteiger charge is -2.39. The largest absolute Gasteiger partial charge is 0.493 e. The van der Waals surface area contributed by atoms with E-state index >= 15 is 0 Å². The number of esters is 1. The Kier molecular flexibility index (Phi) is 6.40. The predicted molar refractivity (Wildman–Crippen MR) is 110 cm³/mol. The minimum atomic E-state index is -0.573. The van der Waals surface area contributed by atoms with Gasteiger partial charge >= 0.3 is 5.97 Å². The highest BCUT2D eigenvalue weighted by Crippen LogP contribution is 2.47. The lowest BCUT2D eigenvalue weighted by Crippen LogP contribution is -2.42. The zero-order chi connectivity index (χ0) is 20.1. The number of para-hydroxylation sites is 1. The van der Waals surface area contributed by atoms with Crippen molar-refractivity contribution in [3.63, 3.8) is 0 Å². The minimum absolute atomic E-state index is 0.206. The second kappa shape index (κ2) is 8.78. The maximum atomic E-state index is 11.8. The summed E-state index contributed by atoms with van der Waals surface area (Å²) in [6.07, 6.45) is 3.33. The molecular weight excluding hydrogens is 352 g/mol. The van der Waals surface area contributed by atoms with Crippen molar-refractivity contribution in [3.05, 3.63) is 65.2 Å². The van der Waals surface area contributed by atoms with Gasteiger partial charge in [-0.25, -0.2) is 4.79 Å². The Morgan fingerprint density at radius 3 is 2.54 bits per heavy atom. The molecule has 0 radical (unpaired) electrons. The van der Waals surface area contributed by atoms with Crippen LogP contribution >= 0.6 is 0 Å². The number of carbonyl (C=O) groups excluding carboxylic acids is 1. The molecule has 3 atom stereocenters. The van der Waals surface area contributed by atoms with Crippen LogP contribution in [0.25, 0.3) is 0 Å². The first-order valence-electron chi connectivity index (χ1n) is 10.1. The minimum Gasteiger partial charge on any atom is -0.493 e. The van der Waals surface area contributed by atoms with Crippen molar-refractivity contribution < 1.29 is 19.4 Å². The van der Waals surface area contributed by atoms with Crippen molar-refractivity contribution >= 4 is 5.97 Å². The fourth-order valence-corrected chi connectivity index (χ4v) is 4.24. The van der Waals surface area contributed by atoms with Gasteiger partial charge < -0.3 is 14.6 Å². The molecule has 0 amide bonds. The fourth-order valence-electron chi connectivity index (χ4n) is 4.24. The number of aliphatic hydroxyl groups is 1.